The minimum absolute atomic E-state index is 0.180. The molecular formula is C10H20N4O. The molecule has 1 aromatic heterocycles. The van der Waals surface area contributed by atoms with Gasteiger partial charge in [0.15, 0.2) is 0 Å². The van der Waals surface area contributed by atoms with E-state index in [2.05, 4.69) is 29.5 Å². The van der Waals surface area contributed by atoms with E-state index in [1.807, 2.05) is 13.1 Å². The van der Waals surface area contributed by atoms with Crippen LogP contribution in [0, 0.1) is 5.92 Å². The number of rotatable bonds is 6. The molecule has 2 N–H and O–H groups in total. The van der Waals surface area contributed by atoms with E-state index in [1.54, 1.807) is 4.68 Å². The molecule has 1 aromatic rings. The minimum Gasteiger partial charge on any atom is -0.396 e. The third kappa shape index (κ3) is 4.40. The fourth-order valence-corrected chi connectivity index (χ4v) is 1.19. The summed E-state index contributed by atoms with van der Waals surface area (Å²) < 4.78 is 1.78. The molecule has 0 aliphatic carbocycles. The third-order valence-corrected chi connectivity index (χ3v) is 2.09. The number of hydrogen-bond acceptors (Lipinski definition) is 4. The first-order valence-electron chi connectivity index (χ1n) is 5.35. The molecule has 15 heavy (non-hydrogen) atoms. The van der Waals surface area contributed by atoms with Crippen molar-refractivity contribution in [2.24, 2.45) is 5.92 Å². The van der Waals surface area contributed by atoms with Gasteiger partial charge in [0.1, 0.15) is 0 Å². The van der Waals surface area contributed by atoms with Gasteiger partial charge in [-0.1, -0.05) is 26.0 Å². The zero-order chi connectivity index (χ0) is 11.3. The van der Waals surface area contributed by atoms with Gasteiger partial charge in [-0.05, 0) is 5.92 Å². The van der Waals surface area contributed by atoms with Gasteiger partial charge in [0.2, 0.25) is 0 Å². The average molecular weight is 212 g/mol. The van der Waals surface area contributed by atoms with Gasteiger partial charge >= 0.3 is 0 Å². The number of hydrogen-bond donors (Lipinski definition) is 2. The lowest BCUT2D eigenvalue weighted by Gasteiger charge is -2.06. The van der Waals surface area contributed by atoms with Crippen LogP contribution in [0.4, 0.5) is 0 Å². The Morgan fingerprint density at radius 2 is 2.20 bits per heavy atom. The van der Waals surface area contributed by atoms with Crippen molar-refractivity contribution >= 4 is 0 Å². The molecule has 1 unspecified atom stereocenters. The summed E-state index contributed by atoms with van der Waals surface area (Å²) in [4.78, 5) is 0. The summed E-state index contributed by atoms with van der Waals surface area (Å²) in [5.41, 5.74) is 0.939. The number of aliphatic hydroxyl groups is 1. The zero-order valence-corrected chi connectivity index (χ0v) is 9.64. The summed E-state index contributed by atoms with van der Waals surface area (Å²) in [7, 11) is 0. The van der Waals surface area contributed by atoms with Crippen LogP contribution in [0.3, 0.4) is 0 Å². The first-order valence-corrected chi connectivity index (χ1v) is 5.35. The monoisotopic (exact) mass is 212 g/mol. The lowest BCUT2D eigenvalue weighted by atomic mass is 10.2. The maximum atomic E-state index is 8.91. The van der Waals surface area contributed by atoms with Gasteiger partial charge in [-0.2, -0.15) is 0 Å². The molecule has 5 heteroatoms. The van der Waals surface area contributed by atoms with E-state index in [0.717, 1.165) is 12.2 Å². The van der Waals surface area contributed by atoms with E-state index in [1.165, 1.54) is 0 Å². The van der Waals surface area contributed by atoms with E-state index in [-0.39, 0.29) is 12.5 Å². The van der Waals surface area contributed by atoms with Crippen molar-refractivity contribution in [2.75, 3.05) is 6.61 Å². The summed E-state index contributed by atoms with van der Waals surface area (Å²) >= 11 is 0. The molecule has 0 fully saturated rings. The van der Waals surface area contributed by atoms with Crippen LogP contribution in [-0.4, -0.2) is 32.7 Å². The standard InChI is InChI=1S/C10H20N4O/c1-8(2)11-4-10-6-14(13-12-10)5-9(3)7-15/h6,8-9,11,15H,4-5,7H2,1-3H3. The van der Waals surface area contributed by atoms with Crippen LogP contribution in [0.5, 0.6) is 0 Å². The predicted molar refractivity (Wildman–Crippen MR) is 58.2 cm³/mol. The van der Waals surface area contributed by atoms with E-state index >= 15 is 0 Å². The highest BCUT2D eigenvalue weighted by Crippen LogP contribution is 1.99. The molecule has 0 saturated heterocycles. The van der Waals surface area contributed by atoms with Gasteiger partial charge in [-0.3, -0.25) is 4.68 Å². The Morgan fingerprint density at radius 3 is 2.80 bits per heavy atom. The van der Waals surface area contributed by atoms with Crippen LogP contribution in [-0.2, 0) is 13.1 Å². The molecule has 0 aliphatic rings. The van der Waals surface area contributed by atoms with E-state index in [0.29, 0.717) is 12.6 Å². The van der Waals surface area contributed by atoms with Crippen molar-refractivity contribution in [1.82, 2.24) is 20.3 Å². The van der Waals surface area contributed by atoms with E-state index in [4.69, 9.17) is 5.11 Å². The van der Waals surface area contributed by atoms with Gasteiger partial charge in [0.25, 0.3) is 0 Å². The van der Waals surface area contributed by atoms with Crippen molar-refractivity contribution in [3.63, 3.8) is 0 Å². The number of aliphatic hydroxyl groups excluding tert-OH is 1. The maximum Gasteiger partial charge on any atom is 0.0964 e. The fraction of sp³-hybridized carbons (Fsp3) is 0.800. The molecule has 0 aliphatic heterocycles. The first-order chi connectivity index (χ1) is 7.11. The second-order valence-corrected chi connectivity index (χ2v) is 4.26. The van der Waals surface area contributed by atoms with E-state index in [9.17, 15) is 0 Å². The van der Waals surface area contributed by atoms with Crippen molar-refractivity contribution in [1.29, 1.82) is 0 Å². The first kappa shape index (κ1) is 12.1. The van der Waals surface area contributed by atoms with Crippen LogP contribution in [0.25, 0.3) is 0 Å². The molecule has 5 nitrogen and oxygen atoms in total. The minimum atomic E-state index is 0.180. The zero-order valence-electron chi connectivity index (χ0n) is 9.64. The topological polar surface area (TPSA) is 63.0 Å². The third-order valence-electron chi connectivity index (χ3n) is 2.09. The summed E-state index contributed by atoms with van der Waals surface area (Å²) in [5, 5.41) is 20.2. The average Bonchev–Trinajstić information content (AvgIpc) is 2.62. The molecule has 0 amide bonds. The predicted octanol–water partition coefficient (Wildman–Crippen LogP) is 0.404. The van der Waals surface area contributed by atoms with E-state index < -0.39 is 0 Å². The van der Waals surface area contributed by atoms with Gasteiger partial charge in [-0.15, -0.1) is 5.10 Å². The van der Waals surface area contributed by atoms with Crippen molar-refractivity contribution in [3.8, 4) is 0 Å². The number of aromatic nitrogens is 3. The summed E-state index contributed by atoms with van der Waals surface area (Å²) in [5.74, 6) is 0.220. The molecular weight excluding hydrogens is 192 g/mol. The largest absolute Gasteiger partial charge is 0.396 e. The molecule has 86 valence electrons. The van der Waals surface area contributed by atoms with Crippen LogP contribution in [0.2, 0.25) is 0 Å². The Kier molecular flexibility index (Phi) is 4.71. The second-order valence-electron chi connectivity index (χ2n) is 4.26. The summed E-state index contributed by atoms with van der Waals surface area (Å²) in [6.45, 7) is 7.81. The SMILES string of the molecule is CC(CO)Cn1cc(CNC(C)C)nn1. The summed E-state index contributed by atoms with van der Waals surface area (Å²) in [6, 6.07) is 0.450. The van der Waals surface area contributed by atoms with Crippen LogP contribution >= 0.6 is 0 Å². The van der Waals surface area contributed by atoms with Crippen molar-refractivity contribution in [2.45, 2.75) is 39.9 Å². The Morgan fingerprint density at radius 1 is 1.47 bits per heavy atom. The Hall–Kier alpha value is -0.940. The van der Waals surface area contributed by atoms with Crippen LogP contribution in [0.15, 0.2) is 6.20 Å². The molecule has 0 bridgehead atoms. The summed E-state index contributed by atoms with van der Waals surface area (Å²) in [6.07, 6.45) is 1.92. The normalized spacial score (nSPS) is 13.4. The highest BCUT2D eigenvalue weighted by molar-refractivity contribution is 4.91. The molecule has 1 atom stereocenters. The number of nitrogens with zero attached hydrogens (tertiary/aromatic N) is 3. The molecule has 0 radical (unpaired) electrons. The highest BCUT2D eigenvalue weighted by atomic mass is 16.3. The highest BCUT2D eigenvalue weighted by Gasteiger charge is 2.05. The molecule has 0 aromatic carbocycles. The lowest BCUT2D eigenvalue weighted by Crippen LogP contribution is -2.22. The molecule has 0 spiro atoms. The fourth-order valence-electron chi connectivity index (χ4n) is 1.19. The molecule has 1 rings (SSSR count). The van der Waals surface area contributed by atoms with Crippen LogP contribution in [0.1, 0.15) is 26.5 Å². The number of nitrogens with one attached hydrogen (secondary N) is 1. The van der Waals surface area contributed by atoms with Gasteiger partial charge in [0.05, 0.1) is 5.69 Å². The second kappa shape index (κ2) is 5.82. The molecule has 1 heterocycles. The Balaban J connectivity index is 2.42. The van der Waals surface area contributed by atoms with Gasteiger partial charge in [0, 0.05) is 31.9 Å². The smallest absolute Gasteiger partial charge is 0.0964 e. The van der Waals surface area contributed by atoms with Gasteiger partial charge in [-0.25, -0.2) is 0 Å². The van der Waals surface area contributed by atoms with Gasteiger partial charge < -0.3 is 10.4 Å². The molecule has 0 saturated carbocycles. The Labute approximate surface area is 90.5 Å². The Bertz CT molecular complexity index is 285. The van der Waals surface area contributed by atoms with Crippen LogP contribution < -0.4 is 5.32 Å². The lowest BCUT2D eigenvalue weighted by molar-refractivity contribution is 0.218. The van der Waals surface area contributed by atoms with Crippen molar-refractivity contribution in [3.05, 3.63) is 11.9 Å². The maximum absolute atomic E-state index is 8.91. The van der Waals surface area contributed by atoms with Crippen molar-refractivity contribution < 1.29 is 5.11 Å². The quantitative estimate of drug-likeness (QED) is 0.716.